The van der Waals surface area contributed by atoms with Crippen LogP contribution in [0.25, 0.3) is 0 Å². The van der Waals surface area contributed by atoms with E-state index in [1.165, 1.54) is 7.11 Å². The molecule has 0 radical (unpaired) electrons. The number of carbonyl (C=O) groups is 1. The third kappa shape index (κ3) is 8.99. The second-order valence-corrected chi connectivity index (χ2v) is 7.44. The number of aliphatic hydroxyl groups excluding tert-OH is 1. The van der Waals surface area contributed by atoms with E-state index in [4.69, 9.17) is 18.9 Å². The Hall–Kier alpha value is -3.03. The number of allylic oxidation sites excluding steroid dienone is 1. The number of nitrogens with one attached hydrogen (secondary N) is 1. The lowest BCUT2D eigenvalue weighted by atomic mass is 10.1. The number of hydrogen-bond donors (Lipinski definition) is 2. The molecule has 0 aliphatic heterocycles. The number of carbonyl (C=O) groups excluding carboxylic acids is 1. The summed E-state index contributed by atoms with van der Waals surface area (Å²) in [6, 6.07) is 19.1. The number of methoxy groups -OCH3 is 1. The predicted molar refractivity (Wildman–Crippen MR) is 121 cm³/mol. The minimum Gasteiger partial charge on any atom is -0.469 e. The Balaban J connectivity index is 2.12. The van der Waals surface area contributed by atoms with Crippen LogP contribution < -0.4 is 5.32 Å². The molecule has 0 heterocycles. The summed E-state index contributed by atoms with van der Waals surface area (Å²) in [5, 5.41) is 12.1. The number of alkyl carbamates (subject to hydrolysis) is 1. The van der Waals surface area contributed by atoms with Gasteiger partial charge in [-0.05, 0) is 37.8 Å². The molecular weight excluding hydrogens is 410 g/mol. The number of amides is 1. The molecule has 2 aromatic rings. The van der Waals surface area contributed by atoms with Gasteiger partial charge in [-0.15, -0.1) is 0 Å². The molecule has 7 nitrogen and oxygen atoms in total. The summed E-state index contributed by atoms with van der Waals surface area (Å²) < 4.78 is 22.8. The minimum atomic E-state index is -0.876. The molecule has 2 N–H and O–H groups in total. The highest BCUT2D eigenvalue weighted by atomic mass is 16.7. The molecule has 1 amide bonds. The van der Waals surface area contributed by atoms with Gasteiger partial charge in [0.05, 0.1) is 13.7 Å². The Kier molecular flexibility index (Phi) is 11.1. The van der Waals surface area contributed by atoms with E-state index in [1.807, 2.05) is 74.5 Å². The van der Waals surface area contributed by atoms with Gasteiger partial charge in [-0.25, -0.2) is 4.79 Å². The van der Waals surface area contributed by atoms with Crippen LogP contribution in [0.3, 0.4) is 0 Å². The second-order valence-electron chi connectivity index (χ2n) is 7.44. The number of rotatable bonds is 13. The maximum Gasteiger partial charge on any atom is 0.410 e. The summed E-state index contributed by atoms with van der Waals surface area (Å²) in [5.74, 6) is 0.288. The molecule has 7 heteroatoms. The Labute approximate surface area is 190 Å². The summed E-state index contributed by atoms with van der Waals surface area (Å²) in [4.78, 5) is 12.5. The monoisotopic (exact) mass is 443 g/mol. The van der Waals surface area contributed by atoms with E-state index in [1.54, 1.807) is 0 Å². The van der Waals surface area contributed by atoms with Crippen LogP contribution in [0.1, 0.15) is 37.8 Å². The fourth-order valence-corrected chi connectivity index (χ4v) is 2.96. The van der Waals surface area contributed by atoms with Crippen molar-refractivity contribution in [2.24, 2.45) is 0 Å². The van der Waals surface area contributed by atoms with E-state index in [0.29, 0.717) is 19.4 Å². The fraction of sp³-hybridized carbons (Fsp3) is 0.400. The van der Waals surface area contributed by atoms with Crippen LogP contribution in [-0.4, -0.2) is 37.2 Å². The average Bonchev–Trinajstić information content (AvgIpc) is 2.81. The van der Waals surface area contributed by atoms with Crippen LogP contribution in [0.4, 0.5) is 4.79 Å². The van der Waals surface area contributed by atoms with Crippen molar-refractivity contribution in [3.05, 3.63) is 83.3 Å². The predicted octanol–water partition coefficient (Wildman–Crippen LogP) is 4.51. The number of aliphatic hydroxyl groups is 1. The van der Waals surface area contributed by atoms with Crippen molar-refractivity contribution < 1.29 is 28.8 Å². The maximum absolute atomic E-state index is 12.5. The Bertz CT molecular complexity index is 821. The van der Waals surface area contributed by atoms with Crippen molar-refractivity contribution in [3.8, 4) is 0 Å². The lowest BCUT2D eigenvalue weighted by Crippen LogP contribution is -2.46. The summed E-state index contributed by atoms with van der Waals surface area (Å²) >= 11 is 0. The molecule has 174 valence electrons. The summed E-state index contributed by atoms with van der Waals surface area (Å²) in [5.41, 5.74) is 2.67. The largest absolute Gasteiger partial charge is 0.469 e. The van der Waals surface area contributed by atoms with Crippen molar-refractivity contribution >= 4 is 6.09 Å². The molecule has 0 bridgehead atoms. The van der Waals surface area contributed by atoms with Crippen molar-refractivity contribution in [2.45, 2.75) is 52.2 Å². The van der Waals surface area contributed by atoms with Gasteiger partial charge in [0.25, 0.3) is 5.95 Å². The average molecular weight is 444 g/mol. The highest BCUT2D eigenvalue weighted by Crippen LogP contribution is 2.18. The van der Waals surface area contributed by atoms with Gasteiger partial charge in [0, 0.05) is 12.2 Å². The van der Waals surface area contributed by atoms with Crippen LogP contribution in [-0.2, 0) is 32.2 Å². The zero-order valence-electron chi connectivity index (χ0n) is 19.0. The zero-order valence-corrected chi connectivity index (χ0v) is 19.0. The lowest BCUT2D eigenvalue weighted by molar-refractivity contribution is -0.103. The van der Waals surface area contributed by atoms with Gasteiger partial charge in [-0.3, -0.25) is 5.32 Å². The third-order valence-corrected chi connectivity index (χ3v) is 4.59. The van der Waals surface area contributed by atoms with Gasteiger partial charge < -0.3 is 24.1 Å². The molecule has 2 aromatic carbocycles. The van der Waals surface area contributed by atoms with Gasteiger partial charge in [0.2, 0.25) is 6.23 Å². The van der Waals surface area contributed by atoms with Crippen LogP contribution in [0, 0.1) is 0 Å². The first-order valence-corrected chi connectivity index (χ1v) is 10.6. The minimum absolute atomic E-state index is 0.00382. The standard InChI is InChI=1S/C25H33NO6/c1-19(2)24(29-3)32-23(26-25(28)31-18-21-13-8-5-9-14-21)22(15-10-16-27)30-17-20-11-6-4-7-12-20/h4-9,11-14,22-23,27H,10,15-18H2,1-3H3,(H,26,28)/t22-,23+/m0/s1. The summed E-state index contributed by atoms with van der Waals surface area (Å²) in [6.45, 7) is 4.14. The highest BCUT2D eigenvalue weighted by Gasteiger charge is 2.28. The van der Waals surface area contributed by atoms with Gasteiger partial charge in [0.15, 0.2) is 0 Å². The fourth-order valence-electron chi connectivity index (χ4n) is 2.96. The quantitative estimate of drug-likeness (QED) is 0.350. The first-order valence-electron chi connectivity index (χ1n) is 10.6. The molecule has 0 saturated heterocycles. The molecule has 0 aliphatic rings. The molecular formula is C25H33NO6. The highest BCUT2D eigenvalue weighted by molar-refractivity contribution is 5.67. The maximum atomic E-state index is 12.5. The van der Waals surface area contributed by atoms with E-state index in [2.05, 4.69) is 5.32 Å². The SMILES string of the molecule is COC(O[C@@H](NC(=O)OCc1ccccc1)[C@H](CCCO)OCc1ccccc1)=C(C)C. The first kappa shape index (κ1) is 25.2. The molecule has 2 atom stereocenters. The zero-order chi connectivity index (χ0) is 23.2. The van der Waals surface area contributed by atoms with E-state index in [9.17, 15) is 9.90 Å². The summed E-state index contributed by atoms with van der Waals surface area (Å²) in [7, 11) is 1.50. The molecule has 0 aliphatic carbocycles. The van der Waals surface area contributed by atoms with Crippen LogP contribution >= 0.6 is 0 Å². The molecule has 32 heavy (non-hydrogen) atoms. The number of hydrogen-bond acceptors (Lipinski definition) is 6. The molecule has 0 fully saturated rings. The molecule has 0 unspecified atom stereocenters. The molecule has 0 saturated carbocycles. The normalized spacial score (nSPS) is 12.4. The lowest BCUT2D eigenvalue weighted by Gasteiger charge is -2.29. The van der Waals surface area contributed by atoms with E-state index in [-0.39, 0.29) is 19.2 Å². The Morgan fingerprint density at radius 2 is 1.56 bits per heavy atom. The number of benzene rings is 2. The molecule has 0 spiro atoms. The van der Waals surface area contributed by atoms with Crippen molar-refractivity contribution in [1.82, 2.24) is 5.32 Å². The van der Waals surface area contributed by atoms with Crippen LogP contribution in [0.2, 0.25) is 0 Å². The Morgan fingerprint density at radius 3 is 2.09 bits per heavy atom. The van der Waals surface area contributed by atoms with Crippen molar-refractivity contribution in [2.75, 3.05) is 13.7 Å². The van der Waals surface area contributed by atoms with Crippen molar-refractivity contribution in [3.63, 3.8) is 0 Å². The van der Waals surface area contributed by atoms with Gasteiger partial charge in [-0.2, -0.15) is 0 Å². The van der Waals surface area contributed by atoms with E-state index < -0.39 is 18.4 Å². The number of ether oxygens (including phenoxy) is 4. The summed E-state index contributed by atoms with van der Waals surface area (Å²) in [6.07, 6.45) is -1.11. The van der Waals surface area contributed by atoms with Crippen LogP contribution in [0.15, 0.2) is 72.2 Å². The van der Waals surface area contributed by atoms with Gasteiger partial charge in [-0.1, -0.05) is 60.7 Å². The topological polar surface area (TPSA) is 86.3 Å². The van der Waals surface area contributed by atoms with Crippen LogP contribution in [0.5, 0.6) is 0 Å². The van der Waals surface area contributed by atoms with E-state index >= 15 is 0 Å². The van der Waals surface area contributed by atoms with Gasteiger partial charge in [0.1, 0.15) is 12.7 Å². The first-order chi connectivity index (χ1) is 15.5. The molecule has 0 aromatic heterocycles. The second kappa shape index (κ2) is 14.1. The smallest absolute Gasteiger partial charge is 0.410 e. The Morgan fingerprint density at radius 1 is 0.969 bits per heavy atom. The molecule has 2 rings (SSSR count). The van der Waals surface area contributed by atoms with E-state index in [0.717, 1.165) is 16.7 Å². The van der Waals surface area contributed by atoms with Gasteiger partial charge >= 0.3 is 6.09 Å². The van der Waals surface area contributed by atoms with Crippen molar-refractivity contribution in [1.29, 1.82) is 0 Å². The third-order valence-electron chi connectivity index (χ3n) is 4.59.